The number of carboxylic acid groups (broad SMARTS) is 1. The van der Waals surface area contributed by atoms with Crippen LogP contribution in [-0.2, 0) is 70.1 Å². The molecule has 7 aliphatic rings. The van der Waals surface area contributed by atoms with Gasteiger partial charge in [-0.25, -0.2) is 9.97 Å². The average molecular weight is 1420 g/mol. The molecule has 8 aromatic rings. The third-order valence-corrected chi connectivity index (χ3v) is 22.1. The fraction of sp³-hybridized carbons (Fsp3) is 0.373. The lowest BCUT2D eigenvalue weighted by Gasteiger charge is -2.43. The summed E-state index contributed by atoms with van der Waals surface area (Å²) in [5.74, 6) is 0.749. The van der Waals surface area contributed by atoms with Crippen molar-refractivity contribution >= 4 is 59.2 Å². The first kappa shape index (κ1) is 76.7. The van der Waals surface area contributed by atoms with Crippen LogP contribution in [0.5, 0.6) is 0 Å². The van der Waals surface area contributed by atoms with Crippen LogP contribution in [0.2, 0.25) is 0 Å². The first-order chi connectivity index (χ1) is 50.3. The average Bonchev–Trinajstić information content (AvgIpc) is 1.58. The second-order valence-corrected chi connectivity index (χ2v) is 28.2. The zero-order valence-electron chi connectivity index (χ0n) is 61.2. The highest BCUT2D eigenvalue weighted by Gasteiger charge is 2.53. The van der Waals surface area contributed by atoms with E-state index in [1.165, 1.54) is 51.1 Å². The molecule has 4 aromatic heterocycles. The minimum atomic E-state index is -1.12. The van der Waals surface area contributed by atoms with Gasteiger partial charge in [-0.2, -0.15) is 9.59 Å². The fourth-order valence-electron chi connectivity index (χ4n) is 16.4. The Balaban J connectivity index is 0.000000150. The largest absolute Gasteiger partial charge is 0.545 e. The minimum Gasteiger partial charge on any atom is -0.545 e. The Kier molecular flexibility index (Phi) is 24.3. The number of piperidine rings is 3. The highest BCUT2D eigenvalue weighted by Crippen LogP contribution is 2.48. The zero-order valence-corrected chi connectivity index (χ0v) is 61.2. The first-order valence-electron chi connectivity index (χ1n) is 36.0. The van der Waals surface area contributed by atoms with Gasteiger partial charge in [0.15, 0.2) is 0 Å². The maximum Gasteiger partial charge on any atom is 0.373 e. The number of hydrogen-bond donors (Lipinski definition) is 5. The Labute approximate surface area is 613 Å². The van der Waals surface area contributed by atoms with Gasteiger partial charge in [-0.05, 0) is 176 Å². The van der Waals surface area contributed by atoms with E-state index in [-0.39, 0.29) is 83.3 Å². The number of carbonyl (C=O) groups excluding carboxylic acids is 9. The van der Waals surface area contributed by atoms with Gasteiger partial charge in [0.2, 0.25) is 29.5 Å². The highest BCUT2D eigenvalue weighted by atomic mass is 16.4. The van der Waals surface area contributed by atoms with Crippen molar-refractivity contribution in [2.45, 2.75) is 179 Å². The van der Waals surface area contributed by atoms with Gasteiger partial charge in [0.05, 0.1) is 34.4 Å². The number of nitrogens with one attached hydrogen (secondary N) is 3. The molecule has 5 aliphatic heterocycles. The van der Waals surface area contributed by atoms with E-state index < -0.39 is 22.8 Å². The molecule has 2 aliphatic carbocycles. The van der Waals surface area contributed by atoms with Crippen LogP contribution in [0.4, 0.5) is 11.6 Å². The molecule has 0 unspecified atom stereocenters. The quantitative estimate of drug-likeness (QED) is 0.0902. The smallest absolute Gasteiger partial charge is 0.373 e. The van der Waals surface area contributed by atoms with E-state index in [4.69, 9.17) is 21.1 Å². The van der Waals surface area contributed by atoms with Crippen LogP contribution in [0.1, 0.15) is 172 Å². The molecule has 7 N–H and O–H groups in total. The van der Waals surface area contributed by atoms with Crippen molar-refractivity contribution in [3.05, 3.63) is 248 Å². The van der Waals surface area contributed by atoms with Gasteiger partial charge in [-0.15, -0.1) is 0 Å². The van der Waals surface area contributed by atoms with Crippen LogP contribution in [0.25, 0.3) is 0 Å². The Morgan fingerprint density at radius 3 is 1.34 bits per heavy atom. The highest BCUT2D eigenvalue weighted by molar-refractivity contribution is 6.07. The summed E-state index contributed by atoms with van der Waals surface area (Å²) in [6, 6.07) is 44.2. The third-order valence-electron chi connectivity index (χ3n) is 22.1. The summed E-state index contributed by atoms with van der Waals surface area (Å²) in [6.45, 7) is 22.6. The number of carbonyl (C=O) groups is 7. The van der Waals surface area contributed by atoms with Crippen molar-refractivity contribution < 1.29 is 48.3 Å². The lowest BCUT2D eigenvalue weighted by Crippen LogP contribution is -2.57. The van der Waals surface area contributed by atoms with Crippen LogP contribution in [0.3, 0.4) is 0 Å². The molecule has 22 nitrogen and oxygen atoms in total. The van der Waals surface area contributed by atoms with Gasteiger partial charge in [-0.3, -0.25) is 38.7 Å². The molecule has 3 fully saturated rings. The monoisotopic (exact) mass is 1420 g/mol. The SMILES string of the molecule is CCN1C(=O)[C@@H](N)C[C@@H](c2ccccc2C)[C@H]1C.CCN1C(=O)[C@@H](N)C[C@@H](c2ccccc2C)[C@H]1C.CCN1C(=O)[C@@H](NC(=O)c2cnc3c(c2)C[C@@]2(C3)C(=O)Nc3ncccc32)C[C@@H](c2ccccc2C)[C@H]1C.Cc1ccc(C(=O)[O-])cc1.O=C1Nc2ncccc2[C@@]12Cc1cccnc1C2.O=C=O. The number of anilines is 2. The van der Waals surface area contributed by atoms with Gasteiger partial charge in [0, 0.05) is 116 Å². The summed E-state index contributed by atoms with van der Waals surface area (Å²) in [4.78, 5) is 126. The first-order valence-corrected chi connectivity index (χ1v) is 36.0. The van der Waals surface area contributed by atoms with Crippen LogP contribution in [0, 0.1) is 27.7 Å². The molecular formula is C83H93N12O10-. The summed E-state index contributed by atoms with van der Waals surface area (Å²) in [5.41, 5.74) is 25.8. The molecule has 6 amide bonds. The van der Waals surface area contributed by atoms with Gasteiger partial charge in [-0.1, -0.05) is 121 Å². The molecule has 9 heterocycles. The van der Waals surface area contributed by atoms with Crippen molar-refractivity contribution in [2.24, 2.45) is 11.5 Å². The van der Waals surface area contributed by atoms with Gasteiger partial charge < -0.3 is 52.0 Å². The number of amides is 6. The van der Waals surface area contributed by atoms with Crippen LogP contribution in [-0.4, -0.2) is 138 Å². The second kappa shape index (κ2) is 33.2. The molecule has 3 saturated heterocycles. The number of nitrogens with zero attached hydrogens (tertiary/aromatic N) is 7. The summed E-state index contributed by atoms with van der Waals surface area (Å²) in [7, 11) is 0. The number of likely N-dealkylation sites (tertiary alicyclic amines) is 3. The summed E-state index contributed by atoms with van der Waals surface area (Å²) >= 11 is 0. The Hall–Kier alpha value is -10.9. The number of pyridine rings is 4. The molecular weight excluding hydrogens is 1320 g/mol. The van der Waals surface area contributed by atoms with Crippen molar-refractivity contribution in [2.75, 3.05) is 30.3 Å². The molecule has 22 heteroatoms. The Morgan fingerprint density at radius 2 is 0.914 bits per heavy atom. The van der Waals surface area contributed by atoms with E-state index in [0.29, 0.717) is 61.3 Å². The van der Waals surface area contributed by atoms with E-state index in [9.17, 15) is 38.7 Å². The molecule has 546 valence electrons. The number of likely N-dealkylation sites (N-methyl/N-ethyl adjacent to an activating group) is 3. The second-order valence-electron chi connectivity index (χ2n) is 28.2. The maximum absolute atomic E-state index is 13.4. The van der Waals surface area contributed by atoms with E-state index in [1.54, 1.807) is 36.9 Å². The number of benzene rings is 4. The minimum absolute atomic E-state index is 0.0366. The standard InChI is InChI=1S/C30H31N5O3.2C15H22N2O.C14H11N3O.C8H8O2.CO2/c1-4-35-18(3)22(21-9-6-5-8-17(21)2)13-24(28(35)37)33-27(36)20-12-19-14-30(15-25(19)32-16-20)23-10-7-11-31-26(23)34-29(30)38;2*1-4-17-11(3)13(9-14(16)15(17)18)12-8-6-5-7-10(12)2;18-13-14(10-4-2-6-16-12(10)17-13)7-9-3-1-5-15-11(9)8-14;1-6-2-4-7(5-3-6)8(9)10;2-1-3/h5-12,16,18,22,24H,4,13-15H2,1-3H3,(H,33,36)(H,31,34,38);2*5-8,11,13-14H,4,9,16H2,1-3H3;1-6H,7-8H2,(H,16,17,18);2-5H,1H3,(H,9,10);/p-1/t18-,22-,24+,30+;2*11-,13-,14+;14-;;/m1110../s1. The van der Waals surface area contributed by atoms with E-state index in [2.05, 4.69) is 144 Å². The van der Waals surface area contributed by atoms with Gasteiger partial charge >= 0.3 is 6.15 Å². The molecule has 0 bridgehead atoms. The van der Waals surface area contributed by atoms with Crippen LogP contribution in [0.15, 0.2) is 164 Å². The number of carboxylic acids is 1. The molecule has 0 saturated carbocycles. The summed E-state index contributed by atoms with van der Waals surface area (Å²) < 4.78 is 0. The molecule has 0 radical (unpaired) electrons. The number of aromatic carboxylic acids is 1. The lowest BCUT2D eigenvalue weighted by molar-refractivity contribution is -0.255. The van der Waals surface area contributed by atoms with Crippen LogP contribution < -0.4 is 32.5 Å². The zero-order chi connectivity index (χ0) is 75.6. The number of fused-ring (bicyclic) bond motifs is 6. The fourth-order valence-corrected chi connectivity index (χ4v) is 16.4. The molecule has 11 atom stereocenters. The van der Waals surface area contributed by atoms with Gasteiger partial charge in [0.25, 0.3) is 5.91 Å². The number of nitrogens with two attached hydrogens (primary N) is 2. The van der Waals surface area contributed by atoms with Crippen molar-refractivity contribution in [3.8, 4) is 0 Å². The number of hydrogen-bond acceptors (Lipinski definition) is 16. The molecule has 15 rings (SSSR count). The number of aromatic nitrogens is 4. The number of rotatable bonds is 9. The van der Waals surface area contributed by atoms with Crippen molar-refractivity contribution in [1.82, 2.24) is 40.0 Å². The van der Waals surface area contributed by atoms with Crippen molar-refractivity contribution in [1.29, 1.82) is 0 Å². The van der Waals surface area contributed by atoms with E-state index in [0.717, 1.165) is 66.0 Å². The predicted octanol–water partition coefficient (Wildman–Crippen LogP) is 8.63. The van der Waals surface area contributed by atoms with Crippen LogP contribution >= 0.6 is 0 Å². The van der Waals surface area contributed by atoms with Gasteiger partial charge in [0.1, 0.15) is 17.7 Å². The van der Waals surface area contributed by atoms with Crippen molar-refractivity contribution in [3.63, 3.8) is 0 Å². The lowest BCUT2D eigenvalue weighted by atomic mass is 9.80. The molecule has 4 aromatic carbocycles. The molecule has 2 spiro atoms. The van der Waals surface area contributed by atoms with E-state index in [1.807, 2.05) is 90.9 Å². The molecule has 105 heavy (non-hydrogen) atoms. The normalized spacial score (nSPS) is 24.2. The topological polar surface area (TPSA) is 326 Å². The summed E-state index contributed by atoms with van der Waals surface area (Å²) in [5, 5.41) is 19.0. The third kappa shape index (κ3) is 15.9. The Bertz CT molecular complexity index is 4470. The summed E-state index contributed by atoms with van der Waals surface area (Å²) in [6.07, 6.45) is 11.3. The van der Waals surface area contributed by atoms with E-state index >= 15 is 0 Å². The predicted molar refractivity (Wildman–Crippen MR) is 396 cm³/mol. The maximum atomic E-state index is 13.4. The Morgan fingerprint density at radius 1 is 0.514 bits per heavy atom. The number of aryl methyl sites for hydroxylation is 4.